The molecule has 2 N–H and O–H groups in total. The predicted molar refractivity (Wildman–Crippen MR) is 101 cm³/mol. The number of carbonyl (C=O) groups excluding carboxylic acids is 2. The van der Waals surface area contributed by atoms with E-state index in [9.17, 15) is 19.0 Å². The second-order valence-corrected chi connectivity index (χ2v) is 7.01. The first-order valence-corrected chi connectivity index (χ1v) is 8.75. The molecule has 1 atom stereocenters. The van der Waals surface area contributed by atoms with Gasteiger partial charge in [0.2, 0.25) is 0 Å². The Hall–Kier alpha value is -2.33. The summed E-state index contributed by atoms with van der Waals surface area (Å²) in [7, 11) is 1.58. The van der Waals surface area contributed by atoms with Crippen LogP contribution < -0.4 is 10.1 Å². The molecule has 1 amide bonds. The van der Waals surface area contributed by atoms with E-state index in [-0.39, 0.29) is 30.7 Å². The van der Waals surface area contributed by atoms with Crippen LogP contribution in [-0.2, 0) is 25.3 Å². The number of hydrogen-bond acceptors (Lipinski definition) is 7. The minimum Gasteiger partial charge on any atom is -0.494 e. The molecule has 0 aliphatic rings. The fourth-order valence-corrected chi connectivity index (χ4v) is 2.18. The molecule has 0 fully saturated rings. The third-order valence-corrected chi connectivity index (χ3v) is 3.53. The number of alkyl carbamates (subject to hydrolysis) is 1. The van der Waals surface area contributed by atoms with Gasteiger partial charge in [0.15, 0.2) is 0 Å². The standard InChI is InChI=1S/C18H27BFNO7/c1-18(2,3)28-17(23)21-15(16(22)25-4)10-12-6-7-13(11-14(12)20)27-9-8-19(24)26-5/h6-7,11,15,24H,8-10H2,1-5H3,(H,21,23)/t15-/m0/s1. The van der Waals surface area contributed by atoms with Crippen LogP contribution >= 0.6 is 0 Å². The number of halogens is 1. The van der Waals surface area contributed by atoms with E-state index in [1.54, 1.807) is 20.8 Å². The Labute approximate surface area is 164 Å². The summed E-state index contributed by atoms with van der Waals surface area (Å²) in [5.74, 6) is -1.07. The van der Waals surface area contributed by atoms with Crippen molar-refractivity contribution in [2.75, 3.05) is 20.8 Å². The Morgan fingerprint density at radius 3 is 2.50 bits per heavy atom. The number of amides is 1. The summed E-state index contributed by atoms with van der Waals surface area (Å²) >= 11 is 0. The monoisotopic (exact) mass is 399 g/mol. The number of ether oxygens (including phenoxy) is 3. The molecule has 0 bridgehead atoms. The molecule has 8 nitrogen and oxygen atoms in total. The summed E-state index contributed by atoms with van der Waals surface area (Å²) in [6, 6.07) is 3.03. The normalized spacial score (nSPS) is 12.1. The Bertz CT molecular complexity index is 666. The summed E-state index contributed by atoms with van der Waals surface area (Å²) in [5, 5.41) is 11.7. The second-order valence-electron chi connectivity index (χ2n) is 7.01. The molecule has 0 saturated carbocycles. The summed E-state index contributed by atoms with van der Waals surface area (Å²) in [6.07, 6.45) is -0.704. The van der Waals surface area contributed by atoms with E-state index in [0.717, 1.165) is 6.07 Å². The first-order valence-electron chi connectivity index (χ1n) is 8.75. The van der Waals surface area contributed by atoms with Gasteiger partial charge < -0.3 is 29.2 Å². The Morgan fingerprint density at radius 2 is 1.96 bits per heavy atom. The lowest BCUT2D eigenvalue weighted by atomic mass is 9.86. The molecule has 1 aromatic rings. The van der Waals surface area contributed by atoms with E-state index >= 15 is 0 Å². The molecule has 0 saturated heterocycles. The van der Waals surface area contributed by atoms with Crippen LogP contribution in [-0.4, -0.2) is 56.7 Å². The summed E-state index contributed by atoms with van der Waals surface area (Å²) in [4.78, 5) is 23.9. The van der Waals surface area contributed by atoms with Gasteiger partial charge in [-0.15, -0.1) is 0 Å². The fraction of sp³-hybridized carbons (Fsp3) is 0.556. The number of esters is 1. The number of methoxy groups -OCH3 is 1. The van der Waals surface area contributed by atoms with E-state index in [1.807, 2.05) is 0 Å². The van der Waals surface area contributed by atoms with Crippen molar-refractivity contribution in [3.8, 4) is 5.75 Å². The highest BCUT2D eigenvalue weighted by Crippen LogP contribution is 2.19. The van der Waals surface area contributed by atoms with Gasteiger partial charge in [0.05, 0.1) is 13.7 Å². The van der Waals surface area contributed by atoms with Gasteiger partial charge in [-0.1, -0.05) is 6.07 Å². The van der Waals surface area contributed by atoms with Crippen LogP contribution in [0.5, 0.6) is 5.75 Å². The van der Waals surface area contributed by atoms with Crippen LogP contribution in [0.3, 0.4) is 0 Å². The lowest BCUT2D eigenvalue weighted by Gasteiger charge is -2.22. The highest BCUT2D eigenvalue weighted by Gasteiger charge is 2.26. The van der Waals surface area contributed by atoms with Gasteiger partial charge in [-0.2, -0.15) is 0 Å². The largest absolute Gasteiger partial charge is 0.494 e. The van der Waals surface area contributed by atoms with Gasteiger partial charge in [-0.05, 0) is 32.4 Å². The van der Waals surface area contributed by atoms with Crippen LogP contribution in [0.1, 0.15) is 26.3 Å². The number of carbonyl (C=O) groups is 2. The van der Waals surface area contributed by atoms with Crippen molar-refractivity contribution in [2.45, 2.75) is 45.2 Å². The molecule has 156 valence electrons. The van der Waals surface area contributed by atoms with Crippen molar-refractivity contribution < 1.29 is 37.9 Å². The van der Waals surface area contributed by atoms with E-state index in [1.165, 1.54) is 26.4 Å². The first-order chi connectivity index (χ1) is 13.1. The molecular formula is C18H27BFNO7. The molecule has 0 aliphatic carbocycles. The van der Waals surface area contributed by atoms with Crippen LogP contribution in [0.25, 0.3) is 0 Å². The van der Waals surface area contributed by atoms with Crippen LogP contribution in [0.2, 0.25) is 6.32 Å². The number of nitrogens with one attached hydrogen (secondary N) is 1. The maximum absolute atomic E-state index is 14.4. The molecule has 1 aromatic carbocycles. The molecule has 10 heteroatoms. The SMILES string of the molecule is COB(O)CCOc1ccc(C[C@H](NC(=O)OC(C)(C)C)C(=O)OC)c(F)c1. The second kappa shape index (κ2) is 10.9. The Kier molecular flexibility index (Phi) is 9.20. The van der Waals surface area contributed by atoms with E-state index in [0.29, 0.717) is 0 Å². The third kappa shape index (κ3) is 8.58. The zero-order chi connectivity index (χ0) is 21.3. The highest BCUT2D eigenvalue weighted by molar-refractivity contribution is 6.42. The Morgan fingerprint density at radius 1 is 1.29 bits per heavy atom. The summed E-state index contributed by atoms with van der Waals surface area (Å²) in [5.41, 5.74) is -0.554. The van der Waals surface area contributed by atoms with Crippen molar-refractivity contribution in [1.29, 1.82) is 0 Å². The minimum atomic E-state index is -1.11. The average Bonchev–Trinajstić information content (AvgIpc) is 2.60. The van der Waals surface area contributed by atoms with Gasteiger partial charge in [-0.3, -0.25) is 0 Å². The lowest BCUT2D eigenvalue weighted by molar-refractivity contribution is -0.143. The maximum Gasteiger partial charge on any atom is 0.457 e. The Balaban J connectivity index is 2.77. The molecular weight excluding hydrogens is 372 g/mol. The third-order valence-electron chi connectivity index (χ3n) is 3.53. The van der Waals surface area contributed by atoms with Crippen molar-refractivity contribution in [3.63, 3.8) is 0 Å². The first kappa shape index (κ1) is 23.7. The van der Waals surface area contributed by atoms with Crippen LogP contribution in [0, 0.1) is 5.82 Å². The topological polar surface area (TPSA) is 103 Å². The number of benzene rings is 1. The molecule has 0 unspecified atom stereocenters. The summed E-state index contributed by atoms with van der Waals surface area (Å²) < 4.78 is 34.2. The molecule has 0 aromatic heterocycles. The molecule has 28 heavy (non-hydrogen) atoms. The fourth-order valence-electron chi connectivity index (χ4n) is 2.18. The molecule has 0 heterocycles. The molecule has 0 aliphatic heterocycles. The zero-order valence-electron chi connectivity index (χ0n) is 16.8. The predicted octanol–water partition coefficient (Wildman–Crippen LogP) is 1.94. The number of rotatable bonds is 9. The van der Waals surface area contributed by atoms with Crippen LogP contribution in [0.15, 0.2) is 18.2 Å². The van der Waals surface area contributed by atoms with Crippen molar-refractivity contribution in [3.05, 3.63) is 29.6 Å². The minimum absolute atomic E-state index is 0.125. The van der Waals surface area contributed by atoms with Gasteiger partial charge in [0.25, 0.3) is 0 Å². The molecule has 0 spiro atoms. The highest BCUT2D eigenvalue weighted by atomic mass is 19.1. The maximum atomic E-state index is 14.4. The zero-order valence-corrected chi connectivity index (χ0v) is 16.8. The van der Waals surface area contributed by atoms with Gasteiger partial charge in [-0.25, -0.2) is 14.0 Å². The quantitative estimate of drug-likeness (QED) is 0.483. The number of hydrogen-bond donors (Lipinski definition) is 2. The van der Waals surface area contributed by atoms with E-state index in [2.05, 4.69) is 14.7 Å². The molecule has 0 radical (unpaired) electrons. The van der Waals surface area contributed by atoms with Gasteiger partial charge in [0, 0.05) is 25.9 Å². The van der Waals surface area contributed by atoms with Gasteiger partial charge >= 0.3 is 19.2 Å². The van der Waals surface area contributed by atoms with E-state index in [4.69, 9.17) is 9.47 Å². The van der Waals surface area contributed by atoms with Gasteiger partial charge in [0.1, 0.15) is 23.2 Å². The van der Waals surface area contributed by atoms with Crippen LogP contribution in [0.4, 0.5) is 9.18 Å². The average molecular weight is 399 g/mol. The smallest absolute Gasteiger partial charge is 0.457 e. The lowest BCUT2D eigenvalue weighted by Crippen LogP contribution is -2.45. The van der Waals surface area contributed by atoms with E-state index < -0.39 is 36.6 Å². The van der Waals surface area contributed by atoms with Crippen molar-refractivity contribution >= 4 is 19.2 Å². The molecule has 1 rings (SSSR count). The summed E-state index contributed by atoms with van der Waals surface area (Å²) in [6.45, 7) is 5.19. The van der Waals surface area contributed by atoms with Crippen molar-refractivity contribution in [1.82, 2.24) is 5.32 Å². The van der Waals surface area contributed by atoms with Crippen molar-refractivity contribution in [2.24, 2.45) is 0 Å².